The Labute approximate surface area is 85.1 Å². The molecule has 0 aliphatic rings. The Kier molecular flexibility index (Phi) is 4.35. The van der Waals surface area contributed by atoms with E-state index in [4.69, 9.17) is 5.73 Å². The van der Waals surface area contributed by atoms with Crippen molar-refractivity contribution in [1.82, 2.24) is 10.3 Å². The van der Waals surface area contributed by atoms with Crippen molar-refractivity contribution in [3.05, 3.63) is 23.9 Å². The first kappa shape index (κ1) is 10.9. The Morgan fingerprint density at radius 2 is 2.21 bits per heavy atom. The molecule has 78 valence electrons. The predicted molar refractivity (Wildman–Crippen MR) is 59.3 cm³/mol. The van der Waals surface area contributed by atoms with Gasteiger partial charge in [0.25, 0.3) is 0 Å². The first-order chi connectivity index (χ1) is 6.74. The SMILES string of the molecule is CN(C)c1ccc(CNCCN)cn1. The molecule has 4 heteroatoms. The lowest BCUT2D eigenvalue weighted by Gasteiger charge is -2.11. The van der Waals surface area contributed by atoms with E-state index in [0.29, 0.717) is 6.54 Å². The summed E-state index contributed by atoms with van der Waals surface area (Å²) in [5, 5.41) is 3.22. The maximum Gasteiger partial charge on any atom is 0.127 e. The van der Waals surface area contributed by atoms with Gasteiger partial charge in [0, 0.05) is 39.9 Å². The summed E-state index contributed by atoms with van der Waals surface area (Å²) in [4.78, 5) is 6.29. The average Bonchev–Trinajstić information content (AvgIpc) is 2.19. The first-order valence-electron chi connectivity index (χ1n) is 4.77. The van der Waals surface area contributed by atoms with Crippen LogP contribution in [0.25, 0.3) is 0 Å². The van der Waals surface area contributed by atoms with Crippen LogP contribution < -0.4 is 16.0 Å². The molecular weight excluding hydrogens is 176 g/mol. The number of hydrogen-bond donors (Lipinski definition) is 2. The Hall–Kier alpha value is -1.13. The van der Waals surface area contributed by atoms with Crippen LogP contribution >= 0.6 is 0 Å². The molecule has 1 rings (SSSR count). The predicted octanol–water partition coefficient (Wildman–Crippen LogP) is 0.196. The van der Waals surface area contributed by atoms with Crippen molar-refractivity contribution >= 4 is 5.82 Å². The molecule has 0 atom stereocenters. The Bertz CT molecular complexity index is 255. The zero-order valence-electron chi connectivity index (χ0n) is 8.83. The number of hydrogen-bond acceptors (Lipinski definition) is 4. The van der Waals surface area contributed by atoms with Crippen molar-refractivity contribution in [1.29, 1.82) is 0 Å². The fraction of sp³-hybridized carbons (Fsp3) is 0.500. The van der Waals surface area contributed by atoms with E-state index < -0.39 is 0 Å². The monoisotopic (exact) mass is 194 g/mol. The van der Waals surface area contributed by atoms with Crippen LogP contribution in [0.2, 0.25) is 0 Å². The van der Waals surface area contributed by atoms with Crippen molar-refractivity contribution in [3.63, 3.8) is 0 Å². The standard InChI is InChI=1S/C10H18N4/c1-14(2)10-4-3-9(8-13-10)7-12-6-5-11/h3-4,8,12H,5-7,11H2,1-2H3. The number of rotatable bonds is 5. The summed E-state index contributed by atoms with van der Waals surface area (Å²) < 4.78 is 0. The van der Waals surface area contributed by atoms with Gasteiger partial charge in [-0.25, -0.2) is 4.98 Å². The van der Waals surface area contributed by atoms with E-state index >= 15 is 0 Å². The molecule has 14 heavy (non-hydrogen) atoms. The molecule has 0 unspecified atom stereocenters. The van der Waals surface area contributed by atoms with E-state index in [1.165, 1.54) is 5.56 Å². The lowest BCUT2D eigenvalue weighted by atomic mass is 10.3. The summed E-state index contributed by atoms with van der Waals surface area (Å²) in [6.07, 6.45) is 1.89. The van der Waals surface area contributed by atoms with Crippen LogP contribution in [0.4, 0.5) is 5.82 Å². The molecule has 4 nitrogen and oxygen atoms in total. The normalized spacial score (nSPS) is 10.2. The lowest BCUT2D eigenvalue weighted by Crippen LogP contribution is -2.22. The fourth-order valence-electron chi connectivity index (χ4n) is 1.12. The summed E-state index contributed by atoms with van der Waals surface area (Å²) in [6, 6.07) is 4.09. The molecule has 0 radical (unpaired) electrons. The quantitative estimate of drug-likeness (QED) is 0.657. The number of nitrogens with one attached hydrogen (secondary N) is 1. The van der Waals surface area contributed by atoms with Gasteiger partial charge in [0.2, 0.25) is 0 Å². The van der Waals surface area contributed by atoms with Crippen LogP contribution in [0.3, 0.4) is 0 Å². The zero-order chi connectivity index (χ0) is 10.4. The lowest BCUT2D eigenvalue weighted by molar-refractivity contribution is 0.693. The number of anilines is 1. The van der Waals surface area contributed by atoms with E-state index in [9.17, 15) is 0 Å². The Morgan fingerprint density at radius 3 is 2.71 bits per heavy atom. The van der Waals surface area contributed by atoms with Crippen molar-refractivity contribution in [2.24, 2.45) is 5.73 Å². The van der Waals surface area contributed by atoms with Gasteiger partial charge in [-0.05, 0) is 11.6 Å². The molecule has 1 heterocycles. The minimum atomic E-state index is 0.670. The van der Waals surface area contributed by atoms with Gasteiger partial charge in [0.05, 0.1) is 0 Å². The Balaban J connectivity index is 2.47. The molecule has 0 aliphatic heterocycles. The van der Waals surface area contributed by atoms with E-state index in [-0.39, 0.29) is 0 Å². The van der Waals surface area contributed by atoms with Crippen molar-refractivity contribution < 1.29 is 0 Å². The second-order valence-corrected chi connectivity index (χ2v) is 3.38. The topological polar surface area (TPSA) is 54.2 Å². The Morgan fingerprint density at radius 1 is 1.43 bits per heavy atom. The van der Waals surface area contributed by atoms with E-state index in [2.05, 4.69) is 16.4 Å². The summed E-state index contributed by atoms with van der Waals surface area (Å²) in [6.45, 7) is 2.34. The number of nitrogens with two attached hydrogens (primary N) is 1. The van der Waals surface area contributed by atoms with Gasteiger partial charge in [-0.15, -0.1) is 0 Å². The molecule has 0 bridgehead atoms. The van der Waals surface area contributed by atoms with Crippen LogP contribution in [0.1, 0.15) is 5.56 Å². The molecule has 0 saturated carbocycles. The molecule has 0 saturated heterocycles. The molecule has 3 N–H and O–H groups in total. The molecule has 0 fully saturated rings. The van der Waals surface area contributed by atoms with Crippen LogP contribution in [0.5, 0.6) is 0 Å². The molecule has 0 spiro atoms. The second kappa shape index (κ2) is 5.57. The highest BCUT2D eigenvalue weighted by Gasteiger charge is 1.96. The fourth-order valence-corrected chi connectivity index (χ4v) is 1.12. The maximum absolute atomic E-state index is 5.37. The number of pyridine rings is 1. The molecule has 1 aromatic rings. The number of aromatic nitrogens is 1. The highest BCUT2D eigenvalue weighted by atomic mass is 15.1. The minimum absolute atomic E-state index is 0.670. The van der Waals surface area contributed by atoms with Crippen LogP contribution in [0.15, 0.2) is 18.3 Å². The smallest absolute Gasteiger partial charge is 0.127 e. The van der Waals surface area contributed by atoms with Gasteiger partial charge < -0.3 is 16.0 Å². The molecule has 0 aromatic carbocycles. The molecular formula is C10H18N4. The van der Waals surface area contributed by atoms with Gasteiger partial charge >= 0.3 is 0 Å². The molecule has 0 aliphatic carbocycles. The second-order valence-electron chi connectivity index (χ2n) is 3.38. The minimum Gasteiger partial charge on any atom is -0.363 e. The maximum atomic E-state index is 5.37. The van der Waals surface area contributed by atoms with E-state index in [1.54, 1.807) is 0 Å². The largest absolute Gasteiger partial charge is 0.363 e. The molecule has 0 amide bonds. The molecule has 1 aromatic heterocycles. The summed E-state index contributed by atoms with van der Waals surface area (Å²) in [7, 11) is 3.96. The van der Waals surface area contributed by atoms with Crippen molar-refractivity contribution in [2.75, 3.05) is 32.1 Å². The average molecular weight is 194 g/mol. The first-order valence-corrected chi connectivity index (χ1v) is 4.77. The zero-order valence-corrected chi connectivity index (χ0v) is 8.83. The van der Waals surface area contributed by atoms with Gasteiger partial charge in [-0.2, -0.15) is 0 Å². The third-order valence-corrected chi connectivity index (χ3v) is 1.92. The van der Waals surface area contributed by atoms with E-state index in [0.717, 1.165) is 18.9 Å². The van der Waals surface area contributed by atoms with Crippen molar-refractivity contribution in [3.8, 4) is 0 Å². The van der Waals surface area contributed by atoms with Crippen LogP contribution in [-0.4, -0.2) is 32.2 Å². The van der Waals surface area contributed by atoms with Gasteiger partial charge in [-0.1, -0.05) is 6.07 Å². The third-order valence-electron chi connectivity index (χ3n) is 1.92. The highest BCUT2D eigenvalue weighted by molar-refractivity contribution is 5.37. The van der Waals surface area contributed by atoms with E-state index in [1.807, 2.05) is 31.3 Å². The third kappa shape index (κ3) is 3.32. The van der Waals surface area contributed by atoms with Crippen LogP contribution in [0, 0.1) is 0 Å². The highest BCUT2D eigenvalue weighted by Crippen LogP contribution is 2.07. The van der Waals surface area contributed by atoms with Crippen molar-refractivity contribution in [2.45, 2.75) is 6.54 Å². The summed E-state index contributed by atoms with van der Waals surface area (Å²) in [5.74, 6) is 0.979. The summed E-state index contributed by atoms with van der Waals surface area (Å²) >= 11 is 0. The number of nitrogens with zero attached hydrogens (tertiary/aromatic N) is 2. The van der Waals surface area contributed by atoms with Gasteiger partial charge in [0.1, 0.15) is 5.82 Å². The van der Waals surface area contributed by atoms with Gasteiger partial charge in [-0.3, -0.25) is 0 Å². The van der Waals surface area contributed by atoms with Gasteiger partial charge in [0.15, 0.2) is 0 Å². The summed E-state index contributed by atoms with van der Waals surface area (Å²) in [5.41, 5.74) is 6.56. The van der Waals surface area contributed by atoms with Crippen LogP contribution in [-0.2, 0) is 6.54 Å².